The number of amides is 2. The molecule has 1 rings (SSSR count). The van der Waals surface area contributed by atoms with Crippen LogP contribution < -0.4 is 5.32 Å². The van der Waals surface area contributed by atoms with Crippen molar-refractivity contribution in [2.24, 2.45) is 0 Å². The molecule has 0 aliphatic carbocycles. The molecule has 6 nitrogen and oxygen atoms in total. The number of hydrogen-bond donors (Lipinski definition) is 2. The quantitative estimate of drug-likeness (QED) is 0.836. The van der Waals surface area contributed by atoms with Gasteiger partial charge >= 0.3 is 12.0 Å². The van der Waals surface area contributed by atoms with Crippen molar-refractivity contribution in [2.75, 3.05) is 13.6 Å². The van der Waals surface area contributed by atoms with Gasteiger partial charge in [0.1, 0.15) is 5.01 Å². The second-order valence-electron chi connectivity index (χ2n) is 4.81. The molecule has 0 aromatic carbocycles. The number of carboxylic acids is 1. The number of carbonyl (C=O) groups is 2. The van der Waals surface area contributed by atoms with Crippen molar-refractivity contribution in [1.29, 1.82) is 0 Å². The van der Waals surface area contributed by atoms with E-state index in [1.165, 1.54) is 16.2 Å². The molecule has 2 amide bonds. The number of nitrogens with zero attached hydrogens (tertiary/aromatic N) is 2. The van der Waals surface area contributed by atoms with Gasteiger partial charge in [0.15, 0.2) is 0 Å². The average molecular weight is 285 g/mol. The fraction of sp³-hybridized carbons (Fsp3) is 0.583. The summed E-state index contributed by atoms with van der Waals surface area (Å²) >= 11 is 1.48. The Morgan fingerprint density at radius 1 is 1.53 bits per heavy atom. The maximum absolute atomic E-state index is 12.0. The molecule has 1 aromatic rings. The van der Waals surface area contributed by atoms with Crippen LogP contribution in [0.25, 0.3) is 0 Å². The molecule has 0 atom stereocenters. The number of thiazole rings is 1. The topological polar surface area (TPSA) is 82.5 Å². The molecule has 7 heteroatoms. The van der Waals surface area contributed by atoms with Crippen LogP contribution in [0.2, 0.25) is 0 Å². The Labute approximate surface area is 116 Å². The molecule has 0 saturated heterocycles. The molecular formula is C12H19N3O3S. The van der Waals surface area contributed by atoms with Crippen molar-refractivity contribution in [2.45, 2.75) is 32.2 Å². The summed E-state index contributed by atoms with van der Waals surface area (Å²) in [6.07, 6.45) is 2.20. The first-order valence-corrected chi connectivity index (χ1v) is 6.86. The highest BCUT2D eigenvalue weighted by Crippen LogP contribution is 2.22. The minimum atomic E-state index is -0.850. The fourth-order valence-electron chi connectivity index (χ4n) is 1.52. The van der Waals surface area contributed by atoms with E-state index < -0.39 is 11.5 Å². The van der Waals surface area contributed by atoms with E-state index in [0.29, 0.717) is 13.0 Å². The van der Waals surface area contributed by atoms with Crippen molar-refractivity contribution in [1.82, 2.24) is 15.2 Å². The fourth-order valence-corrected chi connectivity index (χ4v) is 2.24. The summed E-state index contributed by atoms with van der Waals surface area (Å²) < 4.78 is 0. The third kappa shape index (κ3) is 4.86. The van der Waals surface area contributed by atoms with Crippen molar-refractivity contribution >= 4 is 23.3 Å². The molecule has 0 saturated carbocycles. The smallest absolute Gasteiger partial charge is 0.317 e. The monoisotopic (exact) mass is 285 g/mol. The number of urea groups is 1. The minimum absolute atomic E-state index is 0.0630. The van der Waals surface area contributed by atoms with Crippen LogP contribution in [-0.4, -0.2) is 40.6 Å². The van der Waals surface area contributed by atoms with Crippen molar-refractivity contribution < 1.29 is 14.7 Å². The van der Waals surface area contributed by atoms with E-state index in [1.54, 1.807) is 13.2 Å². The highest BCUT2D eigenvalue weighted by Gasteiger charge is 2.26. The zero-order valence-corrected chi connectivity index (χ0v) is 12.2. The van der Waals surface area contributed by atoms with E-state index in [0.717, 1.165) is 5.01 Å². The maximum Gasteiger partial charge on any atom is 0.317 e. The van der Waals surface area contributed by atoms with Crippen LogP contribution in [0.5, 0.6) is 0 Å². The summed E-state index contributed by atoms with van der Waals surface area (Å²) in [4.78, 5) is 28.1. The molecule has 19 heavy (non-hydrogen) atoms. The predicted molar refractivity (Wildman–Crippen MR) is 73.2 cm³/mol. The zero-order chi connectivity index (χ0) is 14.5. The van der Waals surface area contributed by atoms with E-state index in [2.05, 4.69) is 10.3 Å². The standard InChI is InChI=1S/C12H19N3O3S/c1-12(2,10-13-6-8-19-10)14-11(18)15(3)7-4-5-9(16)17/h6,8H,4-5,7H2,1-3H3,(H,14,18)(H,16,17). The van der Waals surface area contributed by atoms with Gasteiger partial charge in [-0.3, -0.25) is 4.79 Å². The highest BCUT2D eigenvalue weighted by molar-refractivity contribution is 7.09. The molecule has 0 unspecified atom stereocenters. The van der Waals surface area contributed by atoms with Crippen LogP contribution >= 0.6 is 11.3 Å². The number of hydrogen-bond acceptors (Lipinski definition) is 4. The van der Waals surface area contributed by atoms with Crippen LogP contribution in [0.4, 0.5) is 4.79 Å². The maximum atomic E-state index is 12.0. The van der Waals surface area contributed by atoms with E-state index >= 15 is 0 Å². The molecular weight excluding hydrogens is 266 g/mol. The van der Waals surface area contributed by atoms with E-state index in [4.69, 9.17) is 5.11 Å². The number of carbonyl (C=O) groups excluding carboxylic acids is 1. The Morgan fingerprint density at radius 3 is 2.74 bits per heavy atom. The Balaban J connectivity index is 2.47. The zero-order valence-electron chi connectivity index (χ0n) is 11.3. The van der Waals surface area contributed by atoms with Gasteiger partial charge < -0.3 is 15.3 Å². The summed E-state index contributed by atoms with van der Waals surface area (Å²) in [5.41, 5.74) is -0.535. The lowest BCUT2D eigenvalue weighted by Gasteiger charge is -2.27. The molecule has 1 aromatic heterocycles. The van der Waals surface area contributed by atoms with Gasteiger partial charge in [0.25, 0.3) is 0 Å². The summed E-state index contributed by atoms with van der Waals surface area (Å²) in [5.74, 6) is -0.850. The average Bonchev–Trinajstić information content (AvgIpc) is 2.81. The Hall–Kier alpha value is -1.63. The first-order valence-electron chi connectivity index (χ1n) is 5.98. The third-order valence-corrected chi connectivity index (χ3v) is 3.71. The first kappa shape index (κ1) is 15.4. The van der Waals surface area contributed by atoms with Crippen LogP contribution in [-0.2, 0) is 10.3 Å². The van der Waals surface area contributed by atoms with Gasteiger partial charge in [0.2, 0.25) is 0 Å². The van der Waals surface area contributed by atoms with Gasteiger partial charge in [0.05, 0.1) is 5.54 Å². The lowest BCUT2D eigenvalue weighted by atomic mass is 10.1. The van der Waals surface area contributed by atoms with Crippen LogP contribution in [0.3, 0.4) is 0 Å². The SMILES string of the molecule is CN(CCCC(=O)O)C(=O)NC(C)(C)c1nccs1. The normalized spacial score (nSPS) is 11.1. The molecule has 106 valence electrons. The molecule has 1 heterocycles. The Morgan fingerprint density at radius 2 is 2.21 bits per heavy atom. The lowest BCUT2D eigenvalue weighted by molar-refractivity contribution is -0.137. The third-order valence-electron chi connectivity index (χ3n) is 2.62. The number of aromatic nitrogens is 1. The molecule has 0 aliphatic heterocycles. The van der Waals surface area contributed by atoms with Gasteiger partial charge in [-0.2, -0.15) is 0 Å². The number of aliphatic carboxylic acids is 1. The van der Waals surface area contributed by atoms with Crippen molar-refractivity contribution in [3.8, 4) is 0 Å². The number of carboxylic acid groups (broad SMARTS) is 1. The molecule has 0 fully saturated rings. The van der Waals surface area contributed by atoms with Crippen molar-refractivity contribution in [3.05, 3.63) is 16.6 Å². The summed E-state index contributed by atoms with van der Waals surface area (Å²) in [6, 6.07) is -0.231. The van der Waals surface area contributed by atoms with Crippen LogP contribution in [0.1, 0.15) is 31.7 Å². The summed E-state index contributed by atoms with van der Waals surface area (Å²) in [7, 11) is 1.65. The molecule has 0 spiro atoms. The molecule has 2 N–H and O–H groups in total. The Bertz CT molecular complexity index is 431. The summed E-state index contributed by atoms with van der Waals surface area (Å²) in [6.45, 7) is 4.18. The second kappa shape index (κ2) is 6.51. The van der Waals surface area contributed by atoms with E-state index in [9.17, 15) is 9.59 Å². The van der Waals surface area contributed by atoms with Gasteiger partial charge in [-0.25, -0.2) is 9.78 Å². The van der Waals surface area contributed by atoms with Gasteiger partial charge in [0, 0.05) is 31.6 Å². The molecule has 0 radical (unpaired) electrons. The first-order chi connectivity index (χ1) is 8.83. The largest absolute Gasteiger partial charge is 0.481 e. The van der Waals surface area contributed by atoms with Gasteiger partial charge in [-0.1, -0.05) is 0 Å². The molecule has 0 bridgehead atoms. The van der Waals surface area contributed by atoms with Crippen LogP contribution in [0.15, 0.2) is 11.6 Å². The van der Waals surface area contributed by atoms with Crippen LogP contribution in [0, 0.1) is 0 Å². The second-order valence-corrected chi connectivity index (χ2v) is 5.71. The minimum Gasteiger partial charge on any atom is -0.481 e. The van der Waals surface area contributed by atoms with Gasteiger partial charge in [-0.05, 0) is 20.3 Å². The van der Waals surface area contributed by atoms with E-state index in [1.807, 2.05) is 19.2 Å². The van der Waals surface area contributed by atoms with Crippen molar-refractivity contribution in [3.63, 3.8) is 0 Å². The van der Waals surface area contributed by atoms with Gasteiger partial charge in [-0.15, -0.1) is 11.3 Å². The Kier molecular flexibility index (Phi) is 5.29. The summed E-state index contributed by atoms with van der Waals surface area (Å²) in [5, 5.41) is 14.1. The predicted octanol–water partition coefficient (Wildman–Crippen LogP) is 1.88. The molecule has 0 aliphatic rings. The number of nitrogens with one attached hydrogen (secondary N) is 1. The number of rotatable bonds is 6. The highest BCUT2D eigenvalue weighted by atomic mass is 32.1. The van der Waals surface area contributed by atoms with E-state index in [-0.39, 0.29) is 12.5 Å². The lowest BCUT2D eigenvalue weighted by Crippen LogP contribution is -2.47.